The van der Waals surface area contributed by atoms with Crippen molar-refractivity contribution in [3.63, 3.8) is 0 Å². The van der Waals surface area contributed by atoms with Gasteiger partial charge in [0.15, 0.2) is 5.82 Å². The maximum atomic E-state index is 11.9. The molecule has 1 aromatic heterocycles. The second-order valence-electron chi connectivity index (χ2n) is 6.60. The number of primary amides is 1. The lowest BCUT2D eigenvalue weighted by Gasteiger charge is -2.26. The second-order valence-corrected chi connectivity index (χ2v) is 6.60. The Morgan fingerprint density at radius 2 is 2.37 bits per heavy atom. The van der Waals surface area contributed by atoms with Gasteiger partial charge in [-0.3, -0.25) is 9.48 Å². The molecule has 9 nitrogen and oxygen atoms in total. The first-order valence-electron chi connectivity index (χ1n) is 8.62. The molecule has 2 aliphatic heterocycles. The Kier molecular flexibility index (Phi) is 4.57. The van der Waals surface area contributed by atoms with Crippen molar-refractivity contribution in [1.29, 1.82) is 5.26 Å². The van der Waals surface area contributed by atoms with Crippen LogP contribution in [0.15, 0.2) is 24.4 Å². The highest BCUT2D eigenvalue weighted by Crippen LogP contribution is 2.29. The van der Waals surface area contributed by atoms with Gasteiger partial charge in [0.1, 0.15) is 5.56 Å². The number of carbonyl (C=O) groups excluding carboxylic acids is 1. The molecule has 0 saturated carbocycles. The zero-order chi connectivity index (χ0) is 19.0. The van der Waals surface area contributed by atoms with Crippen LogP contribution in [0.1, 0.15) is 28.4 Å². The SMILES string of the molecule is N#CC1CCOC[C@@H]1n1cc(C(N)=O)c(Nc2ccc3c(c2)COB3O)n1. The number of aromatic nitrogens is 2. The number of carbonyl (C=O) groups is 1. The largest absolute Gasteiger partial charge is 0.491 e. The molecule has 0 radical (unpaired) electrons. The smallest absolute Gasteiger partial charge is 0.423 e. The number of nitrogens with one attached hydrogen (secondary N) is 1. The summed E-state index contributed by atoms with van der Waals surface area (Å²) in [4.78, 5) is 11.9. The molecular weight excluding hydrogens is 349 g/mol. The van der Waals surface area contributed by atoms with E-state index in [0.717, 1.165) is 11.0 Å². The Morgan fingerprint density at radius 3 is 3.15 bits per heavy atom. The normalized spacial score (nSPS) is 21.6. The van der Waals surface area contributed by atoms with Crippen molar-refractivity contribution in [3.05, 3.63) is 35.5 Å². The van der Waals surface area contributed by atoms with Gasteiger partial charge >= 0.3 is 7.12 Å². The molecular formula is C17H18BN5O4. The zero-order valence-electron chi connectivity index (χ0n) is 14.5. The molecule has 0 bridgehead atoms. The number of nitrogens with two attached hydrogens (primary N) is 1. The van der Waals surface area contributed by atoms with Gasteiger partial charge in [-0.2, -0.15) is 10.4 Å². The van der Waals surface area contributed by atoms with E-state index in [1.54, 1.807) is 23.0 Å². The third-order valence-electron chi connectivity index (χ3n) is 4.90. The molecule has 1 saturated heterocycles. The number of nitrogens with zero attached hydrogens (tertiary/aromatic N) is 3. The summed E-state index contributed by atoms with van der Waals surface area (Å²) in [7, 11) is -0.913. The fourth-order valence-corrected chi connectivity index (χ4v) is 3.41. The number of benzene rings is 1. The van der Waals surface area contributed by atoms with Crippen LogP contribution in [-0.4, -0.2) is 41.0 Å². The van der Waals surface area contributed by atoms with Gasteiger partial charge in [-0.25, -0.2) is 0 Å². The van der Waals surface area contributed by atoms with Crippen molar-refractivity contribution in [3.8, 4) is 6.07 Å². The van der Waals surface area contributed by atoms with Gasteiger partial charge < -0.3 is 25.5 Å². The van der Waals surface area contributed by atoms with Crippen molar-refractivity contribution in [2.45, 2.75) is 19.1 Å². The Bertz CT molecular complexity index is 925. The summed E-state index contributed by atoms with van der Waals surface area (Å²) >= 11 is 0. The third kappa shape index (κ3) is 3.28. The maximum absolute atomic E-state index is 11.9. The molecule has 2 aromatic rings. The van der Waals surface area contributed by atoms with Crippen LogP contribution in [0.25, 0.3) is 0 Å². The lowest BCUT2D eigenvalue weighted by Crippen LogP contribution is -2.29. The minimum atomic E-state index is -0.913. The molecule has 1 aromatic carbocycles. The molecule has 1 amide bonds. The first-order chi connectivity index (χ1) is 13.1. The van der Waals surface area contributed by atoms with Crippen LogP contribution in [-0.2, 0) is 16.0 Å². The predicted octanol–water partition coefficient (Wildman–Crippen LogP) is 0.0445. The summed E-state index contributed by atoms with van der Waals surface area (Å²) in [6.45, 7) is 1.20. The lowest BCUT2D eigenvalue weighted by molar-refractivity contribution is 0.0342. The highest BCUT2D eigenvalue weighted by molar-refractivity contribution is 6.61. The average Bonchev–Trinajstić information content (AvgIpc) is 3.25. The number of rotatable bonds is 4. The minimum absolute atomic E-state index is 0.231. The Labute approximate surface area is 155 Å². The van der Waals surface area contributed by atoms with E-state index in [0.29, 0.717) is 37.7 Å². The van der Waals surface area contributed by atoms with Crippen LogP contribution >= 0.6 is 0 Å². The minimum Gasteiger partial charge on any atom is -0.423 e. The summed E-state index contributed by atoms with van der Waals surface area (Å²) in [6.07, 6.45) is 2.16. The number of amides is 1. The molecule has 27 heavy (non-hydrogen) atoms. The van der Waals surface area contributed by atoms with Crippen LogP contribution < -0.4 is 16.5 Å². The summed E-state index contributed by atoms with van der Waals surface area (Å²) in [5.41, 5.74) is 8.01. The van der Waals surface area contributed by atoms with Gasteiger partial charge in [0.25, 0.3) is 5.91 Å². The van der Waals surface area contributed by atoms with E-state index in [1.807, 2.05) is 6.07 Å². The first-order valence-corrected chi connectivity index (χ1v) is 8.62. The lowest BCUT2D eigenvalue weighted by atomic mass is 9.79. The molecule has 0 spiro atoms. The highest BCUT2D eigenvalue weighted by atomic mass is 16.5. The standard InChI is InChI=1S/C17H18BN5O4/c19-6-10-3-4-26-9-15(10)23-7-13(16(20)24)17(22-23)21-12-1-2-14-11(5-12)8-27-18(14)25/h1-2,5,7,10,15,25H,3-4,8-9H2,(H2,20,24)(H,21,22)/t10?,15-/m0/s1. The Balaban J connectivity index is 1.64. The van der Waals surface area contributed by atoms with E-state index in [-0.39, 0.29) is 17.5 Å². The third-order valence-corrected chi connectivity index (χ3v) is 4.90. The van der Waals surface area contributed by atoms with Crippen molar-refractivity contribution >= 4 is 30.0 Å². The molecule has 10 heteroatoms. The van der Waals surface area contributed by atoms with Crippen LogP contribution in [0, 0.1) is 17.2 Å². The average molecular weight is 367 g/mol. The van der Waals surface area contributed by atoms with E-state index in [9.17, 15) is 15.1 Å². The topological polar surface area (TPSA) is 135 Å². The van der Waals surface area contributed by atoms with Crippen LogP contribution in [0.2, 0.25) is 0 Å². The summed E-state index contributed by atoms with van der Waals surface area (Å²) in [5, 5.41) is 26.6. The van der Waals surface area contributed by atoms with Gasteiger partial charge in [-0.1, -0.05) is 6.07 Å². The molecule has 1 fully saturated rings. The maximum Gasteiger partial charge on any atom is 0.491 e. The first kappa shape index (κ1) is 17.5. The number of ether oxygens (including phenoxy) is 1. The van der Waals surface area contributed by atoms with Crippen LogP contribution in [0.3, 0.4) is 0 Å². The number of hydrogen-bond donors (Lipinski definition) is 3. The van der Waals surface area contributed by atoms with E-state index in [4.69, 9.17) is 15.1 Å². The molecule has 2 aliphatic rings. The summed E-state index contributed by atoms with van der Waals surface area (Å²) in [6, 6.07) is 7.36. The quantitative estimate of drug-likeness (QED) is 0.650. The van der Waals surface area contributed by atoms with E-state index < -0.39 is 13.0 Å². The molecule has 1 unspecified atom stereocenters. The molecule has 3 heterocycles. The van der Waals surface area contributed by atoms with Crippen molar-refractivity contribution < 1.29 is 19.2 Å². The van der Waals surface area contributed by atoms with Gasteiger partial charge in [0.2, 0.25) is 0 Å². The monoisotopic (exact) mass is 367 g/mol. The summed E-state index contributed by atoms with van der Waals surface area (Å²) in [5.74, 6) is -0.552. The molecule has 4 rings (SSSR count). The molecule has 138 valence electrons. The Morgan fingerprint density at radius 1 is 1.52 bits per heavy atom. The molecule has 2 atom stereocenters. The van der Waals surface area contributed by atoms with E-state index >= 15 is 0 Å². The van der Waals surface area contributed by atoms with Crippen molar-refractivity contribution in [2.24, 2.45) is 11.7 Å². The Hall–Kier alpha value is -2.87. The van der Waals surface area contributed by atoms with E-state index in [2.05, 4.69) is 16.5 Å². The van der Waals surface area contributed by atoms with Crippen molar-refractivity contribution in [1.82, 2.24) is 9.78 Å². The fraction of sp³-hybridized carbons (Fsp3) is 0.353. The second kappa shape index (κ2) is 7.04. The van der Waals surface area contributed by atoms with Crippen LogP contribution in [0.4, 0.5) is 11.5 Å². The molecule has 4 N–H and O–H groups in total. The van der Waals surface area contributed by atoms with Crippen LogP contribution in [0.5, 0.6) is 0 Å². The summed E-state index contributed by atoms with van der Waals surface area (Å²) < 4.78 is 12.2. The van der Waals surface area contributed by atoms with Crippen molar-refractivity contribution in [2.75, 3.05) is 18.5 Å². The fourth-order valence-electron chi connectivity index (χ4n) is 3.41. The number of hydrogen-bond acceptors (Lipinski definition) is 7. The number of fused-ring (bicyclic) bond motifs is 1. The number of anilines is 2. The predicted molar refractivity (Wildman–Crippen MR) is 96.4 cm³/mol. The van der Waals surface area contributed by atoms with E-state index in [1.165, 1.54) is 0 Å². The molecule has 0 aliphatic carbocycles. The highest BCUT2D eigenvalue weighted by Gasteiger charge is 2.30. The van der Waals surface area contributed by atoms with Gasteiger partial charge in [-0.05, 0) is 29.6 Å². The van der Waals surface area contributed by atoms with Gasteiger partial charge in [0, 0.05) is 18.5 Å². The number of nitriles is 1. The van der Waals surface area contributed by atoms with Gasteiger partial charge in [-0.15, -0.1) is 0 Å². The zero-order valence-corrected chi connectivity index (χ0v) is 14.5. The van der Waals surface area contributed by atoms with Gasteiger partial charge in [0.05, 0.1) is 31.2 Å².